The fourth-order valence-electron chi connectivity index (χ4n) is 3.13. The zero-order valence-corrected chi connectivity index (χ0v) is 17.4. The summed E-state index contributed by atoms with van der Waals surface area (Å²) < 4.78 is 25.0. The van der Waals surface area contributed by atoms with E-state index in [1.165, 1.54) is 32.4 Å². The van der Waals surface area contributed by atoms with Crippen LogP contribution in [-0.4, -0.2) is 107 Å². The van der Waals surface area contributed by atoms with E-state index in [2.05, 4.69) is 6.58 Å². The van der Waals surface area contributed by atoms with Gasteiger partial charge in [-0.25, -0.2) is 4.79 Å². The van der Waals surface area contributed by atoms with Gasteiger partial charge in [-0.2, -0.15) is 0 Å². The van der Waals surface area contributed by atoms with Gasteiger partial charge in [0, 0.05) is 20.3 Å². The first-order valence-electron chi connectivity index (χ1n) is 9.35. The van der Waals surface area contributed by atoms with Crippen LogP contribution in [0.2, 0.25) is 0 Å². The van der Waals surface area contributed by atoms with Crippen molar-refractivity contribution in [3.63, 3.8) is 0 Å². The highest BCUT2D eigenvalue weighted by Crippen LogP contribution is 2.24. The number of aliphatic hydroxyl groups excluding tert-OH is 5. The fraction of sp³-hybridized carbons (Fsp3) is 0.737. The van der Waals surface area contributed by atoms with Crippen molar-refractivity contribution < 1.29 is 54.0 Å². The third-order valence-electron chi connectivity index (χ3n) is 4.73. The Kier molecular flexibility index (Phi) is 11.0. The Labute approximate surface area is 175 Å². The summed E-state index contributed by atoms with van der Waals surface area (Å²) in [4.78, 5) is 11.4. The normalized spacial score (nSPS) is 41.6. The third-order valence-corrected chi connectivity index (χ3v) is 4.73. The van der Waals surface area contributed by atoms with Crippen LogP contribution in [0, 0.1) is 0 Å². The number of aliphatic hydroxyl groups is 5. The predicted molar refractivity (Wildman–Crippen MR) is 102 cm³/mol. The SMILES string of the molecule is C=CC=CC(=O)O[C@H]1[C@H](O)[C@H](O)O[C@H](C)[C@H]1OC.CO[C@H]1[C@@H](O)[C@H](O)[C@H](O)O[C@@H]1C. The van der Waals surface area contributed by atoms with Crippen LogP contribution in [0.4, 0.5) is 0 Å². The smallest absolute Gasteiger partial charge is 0.331 e. The van der Waals surface area contributed by atoms with Gasteiger partial charge in [-0.3, -0.25) is 0 Å². The molecule has 0 radical (unpaired) electrons. The number of carbonyl (C=O) groups is 1. The molecule has 2 saturated heterocycles. The number of carbonyl (C=O) groups excluding carboxylic acids is 1. The van der Waals surface area contributed by atoms with Crippen LogP contribution in [0.3, 0.4) is 0 Å². The molecule has 2 heterocycles. The van der Waals surface area contributed by atoms with Crippen molar-refractivity contribution in [3.8, 4) is 0 Å². The van der Waals surface area contributed by atoms with Gasteiger partial charge in [-0.1, -0.05) is 18.7 Å². The molecule has 11 heteroatoms. The minimum absolute atomic E-state index is 0.427. The molecule has 10 atom stereocenters. The summed E-state index contributed by atoms with van der Waals surface area (Å²) in [5, 5.41) is 46.8. The maximum atomic E-state index is 11.4. The molecule has 0 amide bonds. The van der Waals surface area contributed by atoms with Crippen molar-refractivity contribution in [2.45, 2.75) is 75.3 Å². The molecule has 5 N–H and O–H groups in total. The first kappa shape index (κ1) is 26.6. The summed E-state index contributed by atoms with van der Waals surface area (Å²) in [5.74, 6) is -0.651. The van der Waals surface area contributed by atoms with Gasteiger partial charge in [0.1, 0.15) is 30.5 Å². The molecule has 30 heavy (non-hydrogen) atoms. The number of esters is 1. The lowest BCUT2D eigenvalue weighted by molar-refractivity contribution is -0.284. The van der Waals surface area contributed by atoms with Crippen molar-refractivity contribution in [1.29, 1.82) is 0 Å². The van der Waals surface area contributed by atoms with Gasteiger partial charge in [-0.15, -0.1) is 0 Å². The molecular formula is C19H32O11. The van der Waals surface area contributed by atoms with E-state index in [0.29, 0.717) is 0 Å². The zero-order valence-electron chi connectivity index (χ0n) is 17.4. The van der Waals surface area contributed by atoms with Crippen LogP contribution >= 0.6 is 0 Å². The van der Waals surface area contributed by atoms with E-state index in [-0.39, 0.29) is 0 Å². The second-order valence-electron chi connectivity index (χ2n) is 6.83. The average molecular weight is 436 g/mol. The molecular weight excluding hydrogens is 404 g/mol. The van der Waals surface area contributed by atoms with E-state index in [1.54, 1.807) is 13.8 Å². The highest BCUT2D eigenvalue weighted by molar-refractivity contribution is 5.82. The number of allylic oxidation sites excluding steroid dienone is 2. The van der Waals surface area contributed by atoms with Crippen LogP contribution in [-0.2, 0) is 28.5 Å². The lowest BCUT2D eigenvalue weighted by atomic mass is 9.99. The Balaban J connectivity index is 0.000000325. The number of methoxy groups -OCH3 is 2. The van der Waals surface area contributed by atoms with Crippen molar-refractivity contribution in [3.05, 3.63) is 24.8 Å². The molecule has 2 rings (SSSR count). The summed E-state index contributed by atoms with van der Waals surface area (Å²) in [7, 11) is 2.83. The molecule has 0 saturated carbocycles. The van der Waals surface area contributed by atoms with Gasteiger partial charge >= 0.3 is 5.97 Å². The molecule has 0 unspecified atom stereocenters. The molecule has 0 aromatic rings. The van der Waals surface area contributed by atoms with Crippen LogP contribution < -0.4 is 0 Å². The number of hydrogen-bond donors (Lipinski definition) is 5. The average Bonchev–Trinajstić information content (AvgIpc) is 2.69. The van der Waals surface area contributed by atoms with Crippen molar-refractivity contribution >= 4 is 5.97 Å². The molecule has 174 valence electrons. The molecule has 2 aliphatic heterocycles. The summed E-state index contributed by atoms with van der Waals surface area (Å²) in [5.41, 5.74) is 0. The van der Waals surface area contributed by atoms with Gasteiger partial charge in [0.2, 0.25) is 0 Å². The molecule has 0 spiro atoms. The van der Waals surface area contributed by atoms with Crippen molar-refractivity contribution in [1.82, 2.24) is 0 Å². The van der Waals surface area contributed by atoms with E-state index in [1.807, 2.05) is 0 Å². The topological polar surface area (TPSA) is 164 Å². The van der Waals surface area contributed by atoms with E-state index in [0.717, 1.165) is 0 Å². The van der Waals surface area contributed by atoms with Crippen molar-refractivity contribution in [2.75, 3.05) is 14.2 Å². The molecule has 0 aromatic carbocycles. The lowest BCUT2D eigenvalue weighted by Crippen LogP contribution is -2.58. The van der Waals surface area contributed by atoms with E-state index >= 15 is 0 Å². The number of hydrogen-bond acceptors (Lipinski definition) is 11. The Morgan fingerprint density at radius 2 is 1.33 bits per heavy atom. The quantitative estimate of drug-likeness (QED) is 0.188. The Morgan fingerprint density at radius 1 is 0.833 bits per heavy atom. The van der Waals surface area contributed by atoms with Gasteiger partial charge in [0.25, 0.3) is 0 Å². The van der Waals surface area contributed by atoms with Crippen molar-refractivity contribution in [2.24, 2.45) is 0 Å². The van der Waals surface area contributed by atoms with Gasteiger partial charge < -0.3 is 49.2 Å². The predicted octanol–water partition coefficient (Wildman–Crippen LogP) is -1.79. The monoisotopic (exact) mass is 436 g/mol. The Hall–Kier alpha value is -1.41. The second kappa shape index (κ2) is 12.4. The molecule has 2 aliphatic rings. The summed E-state index contributed by atoms with van der Waals surface area (Å²) in [6, 6.07) is 0. The van der Waals surface area contributed by atoms with Gasteiger partial charge in [-0.05, 0) is 13.8 Å². The van der Waals surface area contributed by atoms with E-state index in [9.17, 15) is 20.1 Å². The Morgan fingerprint density at radius 3 is 1.83 bits per heavy atom. The summed E-state index contributed by atoms with van der Waals surface area (Å²) >= 11 is 0. The summed E-state index contributed by atoms with van der Waals surface area (Å²) in [6.45, 7) is 6.74. The molecule has 0 bridgehead atoms. The van der Waals surface area contributed by atoms with E-state index in [4.69, 9.17) is 33.9 Å². The first-order chi connectivity index (χ1) is 14.1. The number of ether oxygens (including phenoxy) is 5. The molecule has 0 aliphatic carbocycles. The van der Waals surface area contributed by atoms with Gasteiger partial charge in [0.05, 0.1) is 12.2 Å². The molecule has 2 fully saturated rings. The minimum Gasteiger partial charge on any atom is -0.453 e. The van der Waals surface area contributed by atoms with E-state index < -0.39 is 67.4 Å². The maximum Gasteiger partial charge on any atom is 0.331 e. The van der Waals surface area contributed by atoms with Crippen LogP contribution in [0.5, 0.6) is 0 Å². The lowest BCUT2D eigenvalue weighted by Gasteiger charge is -2.40. The first-order valence-corrected chi connectivity index (χ1v) is 9.35. The van der Waals surface area contributed by atoms with Crippen LogP contribution in [0.1, 0.15) is 13.8 Å². The number of rotatable bonds is 5. The summed E-state index contributed by atoms with van der Waals surface area (Å²) in [6.07, 6.45) is -5.66. The fourth-order valence-corrected chi connectivity index (χ4v) is 3.13. The third kappa shape index (κ3) is 6.80. The second-order valence-corrected chi connectivity index (χ2v) is 6.83. The molecule has 11 nitrogen and oxygen atoms in total. The van der Waals surface area contributed by atoms with Crippen LogP contribution in [0.25, 0.3) is 0 Å². The van der Waals surface area contributed by atoms with Gasteiger partial charge in [0.15, 0.2) is 18.7 Å². The zero-order chi connectivity index (χ0) is 23.0. The highest BCUT2D eigenvalue weighted by atomic mass is 16.7. The molecule has 0 aromatic heterocycles. The maximum absolute atomic E-state index is 11.4. The Bertz CT molecular complexity index is 569. The highest BCUT2D eigenvalue weighted by Gasteiger charge is 2.45. The van der Waals surface area contributed by atoms with Crippen LogP contribution in [0.15, 0.2) is 24.8 Å². The minimum atomic E-state index is -1.41. The standard InChI is InChI=1S/C12H18O6.C7H14O5/c1-4-5-6-8(13)18-11-9(14)12(15)17-7(2)10(11)16-3;1-3-6(11-2)4(8)5(9)7(10)12-3/h4-7,9-12,14-15H,1H2,2-3H3;3-10H,1-2H3/t7-,9+,10-,11+,12-;3-,4+,5+,6-,7-/m11/s1. The largest absolute Gasteiger partial charge is 0.453 e.